The monoisotopic (exact) mass is 214 g/mol. The van der Waals surface area contributed by atoms with Crippen LogP contribution < -0.4 is 5.73 Å². The molecule has 90 valence electrons. The van der Waals surface area contributed by atoms with Gasteiger partial charge in [0.1, 0.15) is 0 Å². The molecule has 0 aromatic heterocycles. The van der Waals surface area contributed by atoms with Crippen molar-refractivity contribution in [2.24, 2.45) is 11.7 Å². The second kappa shape index (κ2) is 7.20. The minimum Gasteiger partial charge on any atom is -0.381 e. The maximum absolute atomic E-state index is 6.21. The summed E-state index contributed by atoms with van der Waals surface area (Å²) in [6.45, 7) is 9.55. The maximum Gasteiger partial charge on any atom is 0.0510 e. The van der Waals surface area contributed by atoms with Gasteiger partial charge < -0.3 is 15.4 Å². The summed E-state index contributed by atoms with van der Waals surface area (Å²) in [6.07, 6.45) is 3.69. The molecule has 3 nitrogen and oxygen atoms in total. The first-order chi connectivity index (χ1) is 7.27. The van der Waals surface area contributed by atoms with Crippen molar-refractivity contribution < 1.29 is 4.74 Å². The molecule has 2 atom stereocenters. The Morgan fingerprint density at radius 1 is 1.47 bits per heavy atom. The molecule has 0 saturated carbocycles. The summed E-state index contributed by atoms with van der Waals surface area (Å²) >= 11 is 0. The van der Waals surface area contributed by atoms with Crippen molar-refractivity contribution in [3.8, 4) is 0 Å². The van der Waals surface area contributed by atoms with E-state index in [4.69, 9.17) is 10.5 Å². The van der Waals surface area contributed by atoms with Gasteiger partial charge in [0.25, 0.3) is 0 Å². The van der Waals surface area contributed by atoms with Crippen molar-refractivity contribution >= 4 is 0 Å². The van der Waals surface area contributed by atoms with Crippen molar-refractivity contribution in [2.45, 2.75) is 39.2 Å². The summed E-state index contributed by atoms with van der Waals surface area (Å²) in [5.74, 6) is 0.584. The average molecular weight is 214 g/mol. The summed E-state index contributed by atoms with van der Waals surface area (Å²) in [6, 6.07) is 0.296. The number of nitrogens with two attached hydrogens (primary N) is 1. The Balaban J connectivity index is 2.23. The first kappa shape index (κ1) is 12.9. The Hall–Kier alpha value is -0.120. The molecule has 1 aliphatic rings. The molecule has 3 heteroatoms. The fourth-order valence-corrected chi connectivity index (χ4v) is 2.10. The number of unbranched alkanes of at least 4 members (excludes halogenated alkanes) is 1. The van der Waals surface area contributed by atoms with Gasteiger partial charge in [0, 0.05) is 25.1 Å². The van der Waals surface area contributed by atoms with E-state index in [1.165, 1.54) is 19.4 Å². The van der Waals surface area contributed by atoms with Gasteiger partial charge in [-0.15, -0.1) is 0 Å². The molecule has 0 spiro atoms. The van der Waals surface area contributed by atoms with Gasteiger partial charge in [-0.05, 0) is 25.9 Å². The standard InChI is InChI=1S/C12H26N2O/c1-3-5-7-14(4-2)9-12(13)11-6-8-15-10-11/h11-12H,3-10,13H2,1-2H3. The molecule has 0 bridgehead atoms. The Bertz CT molecular complexity index is 158. The Morgan fingerprint density at radius 3 is 2.80 bits per heavy atom. The van der Waals surface area contributed by atoms with Gasteiger partial charge in [0.05, 0.1) is 6.61 Å². The molecule has 1 saturated heterocycles. The van der Waals surface area contributed by atoms with Gasteiger partial charge in [-0.2, -0.15) is 0 Å². The van der Waals surface area contributed by atoms with E-state index in [0.29, 0.717) is 12.0 Å². The molecule has 0 aliphatic carbocycles. The van der Waals surface area contributed by atoms with Crippen LogP contribution >= 0.6 is 0 Å². The van der Waals surface area contributed by atoms with Crippen LogP contribution in [0.25, 0.3) is 0 Å². The molecular weight excluding hydrogens is 188 g/mol. The number of nitrogens with zero attached hydrogens (tertiary/aromatic N) is 1. The van der Waals surface area contributed by atoms with Crippen LogP contribution in [0, 0.1) is 5.92 Å². The summed E-state index contributed by atoms with van der Waals surface area (Å²) < 4.78 is 5.38. The third-order valence-corrected chi connectivity index (χ3v) is 3.31. The van der Waals surface area contributed by atoms with Crippen LogP contribution in [0.5, 0.6) is 0 Å². The van der Waals surface area contributed by atoms with Crippen LogP contribution in [0.1, 0.15) is 33.1 Å². The van der Waals surface area contributed by atoms with E-state index in [2.05, 4.69) is 18.7 Å². The molecular formula is C12H26N2O. The van der Waals surface area contributed by atoms with Crippen LogP contribution in [-0.4, -0.2) is 43.8 Å². The number of ether oxygens (including phenoxy) is 1. The van der Waals surface area contributed by atoms with E-state index in [1.54, 1.807) is 0 Å². The summed E-state index contributed by atoms with van der Waals surface area (Å²) in [4.78, 5) is 2.46. The molecule has 1 fully saturated rings. The SMILES string of the molecule is CCCCN(CC)CC(N)C1CCOC1. The first-order valence-electron chi connectivity index (χ1n) is 6.33. The molecule has 2 N–H and O–H groups in total. The molecule has 0 aromatic carbocycles. The number of hydrogen-bond acceptors (Lipinski definition) is 3. The Kier molecular flexibility index (Phi) is 6.22. The van der Waals surface area contributed by atoms with E-state index in [0.717, 1.165) is 32.7 Å². The molecule has 1 heterocycles. The van der Waals surface area contributed by atoms with Crippen molar-refractivity contribution in [1.29, 1.82) is 0 Å². The molecule has 1 aliphatic heterocycles. The summed E-state index contributed by atoms with van der Waals surface area (Å²) in [5, 5.41) is 0. The molecule has 15 heavy (non-hydrogen) atoms. The zero-order valence-corrected chi connectivity index (χ0v) is 10.2. The quantitative estimate of drug-likeness (QED) is 0.697. The highest BCUT2D eigenvalue weighted by Gasteiger charge is 2.23. The average Bonchev–Trinajstić information content (AvgIpc) is 2.77. The van der Waals surface area contributed by atoms with E-state index in [9.17, 15) is 0 Å². The molecule has 2 unspecified atom stereocenters. The number of rotatable bonds is 7. The fraction of sp³-hybridized carbons (Fsp3) is 1.00. The maximum atomic E-state index is 6.21. The second-order valence-corrected chi connectivity index (χ2v) is 4.53. The predicted octanol–water partition coefficient (Wildman–Crippen LogP) is 1.47. The lowest BCUT2D eigenvalue weighted by Gasteiger charge is -2.26. The third-order valence-electron chi connectivity index (χ3n) is 3.31. The molecule has 1 rings (SSSR count). The molecule has 0 amide bonds. The number of likely N-dealkylation sites (N-methyl/N-ethyl adjacent to an activating group) is 1. The Labute approximate surface area is 94.0 Å². The van der Waals surface area contributed by atoms with E-state index in [-0.39, 0.29) is 0 Å². The van der Waals surface area contributed by atoms with Gasteiger partial charge in [-0.3, -0.25) is 0 Å². The minimum atomic E-state index is 0.296. The third kappa shape index (κ3) is 4.49. The fourth-order valence-electron chi connectivity index (χ4n) is 2.10. The van der Waals surface area contributed by atoms with Gasteiger partial charge in [0.2, 0.25) is 0 Å². The predicted molar refractivity (Wildman–Crippen MR) is 63.9 cm³/mol. The molecule has 0 radical (unpaired) electrons. The highest BCUT2D eigenvalue weighted by Crippen LogP contribution is 2.16. The highest BCUT2D eigenvalue weighted by atomic mass is 16.5. The van der Waals surface area contributed by atoms with Crippen molar-refractivity contribution in [3.05, 3.63) is 0 Å². The zero-order valence-electron chi connectivity index (χ0n) is 10.2. The van der Waals surface area contributed by atoms with Crippen LogP contribution in [-0.2, 0) is 4.74 Å². The normalized spacial score (nSPS) is 23.6. The smallest absolute Gasteiger partial charge is 0.0510 e. The van der Waals surface area contributed by atoms with Gasteiger partial charge in [-0.1, -0.05) is 20.3 Å². The minimum absolute atomic E-state index is 0.296. The van der Waals surface area contributed by atoms with Crippen LogP contribution in [0.3, 0.4) is 0 Å². The topological polar surface area (TPSA) is 38.5 Å². The van der Waals surface area contributed by atoms with E-state index in [1.807, 2.05) is 0 Å². The van der Waals surface area contributed by atoms with E-state index >= 15 is 0 Å². The van der Waals surface area contributed by atoms with Crippen LogP contribution in [0.15, 0.2) is 0 Å². The zero-order chi connectivity index (χ0) is 11.1. The van der Waals surface area contributed by atoms with Crippen LogP contribution in [0.2, 0.25) is 0 Å². The lowest BCUT2D eigenvalue weighted by molar-refractivity contribution is 0.170. The summed E-state index contributed by atoms with van der Waals surface area (Å²) in [5.41, 5.74) is 6.21. The van der Waals surface area contributed by atoms with Crippen molar-refractivity contribution in [2.75, 3.05) is 32.8 Å². The first-order valence-corrected chi connectivity index (χ1v) is 6.33. The lowest BCUT2D eigenvalue weighted by Crippen LogP contribution is -2.42. The Morgan fingerprint density at radius 2 is 2.27 bits per heavy atom. The molecule has 0 aromatic rings. The summed E-state index contributed by atoms with van der Waals surface area (Å²) in [7, 11) is 0. The van der Waals surface area contributed by atoms with Crippen molar-refractivity contribution in [3.63, 3.8) is 0 Å². The number of hydrogen-bond donors (Lipinski definition) is 1. The van der Waals surface area contributed by atoms with E-state index < -0.39 is 0 Å². The largest absolute Gasteiger partial charge is 0.381 e. The van der Waals surface area contributed by atoms with Gasteiger partial charge >= 0.3 is 0 Å². The highest BCUT2D eigenvalue weighted by molar-refractivity contribution is 4.79. The van der Waals surface area contributed by atoms with Crippen molar-refractivity contribution in [1.82, 2.24) is 4.90 Å². The second-order valence-electron chi connectivity index (χ2n) is 4.53. The van der Waals surface area contributed by atoms with Gasteiger partial charge in [0.15, 0.2) is 0 Å². The van der Waals surface area contributed by atoms with Gasteiger partial charge in [-0.25, -0.2) is 0 Å². The lowest BCUT2D eigenvalue weighted by atomic mass is 9.99. The van der Waals surface area contributed by atoms with Crippen LogP contribution in [0.4, 0.5) is 0 Å².